The minimum Gasteiger partial charge on any atom is -0.550 e. The first-order chi connectivity index (χ1) is 15.3. The second-order valence-corrected chi connectivity index (χ2v) is 6.69. The average Bonchev–Trinajstić information content (AvgIpc) is 2.60. The summed E-state index contributed by atoms with van der Waals surface area (Å²) in [5.41, 5.74) is 10.6. The summed E-state index contributed by atoms with van der Waals surface area (Å²) in [5, 5.41) is 37.3. The summed E-state index contributed by atoms with van der Waals surface area (Å²) in [6.45, 7) is 3.89. The minimum atomic E-state index is -1.08. The van der Waals surface area contributed by atoms with Gasteiger partial charge in [-0.25, -0.2) is 9.97 Å². The summed E-state index contributed by atoms with van der Waals surface area (Å²) >= 11 is 22.1. The van der Waals surface area contributed by atoms with Crippen molar-refractivity contribution in [3.63, 3.8) is 0 Å². The number of nitrogens with zero attached hydrogens (tertiary/aromatic N) is 2. The van der Waals surface area contributed by atoms with Gasteiger partial charge in [0.05, 0.1) is 20.1 Å². The van der Waals surface area contributed by atoms with Crippen molar-refractivity contribution in [2.45, 2.75) is 27.7 Å². The second kappa shape index (κ2) is 29.2. The Morgan fingerprint density at radius 2 is 0.778 bits per heavy atom. The maximum absolute atomic E-state index is 8.89. The van der Waals surface area contributed by atoms with Crippen LogP contribution in [0.15, 0.2) is 24.5 Å². The summed E-state index contributed by atoms with van der Waals surface area (Å²) in [5.74, 6) is -3.72. The van der Waals surface area contributed by atoms with Crippen molar-refractivity contribution in [3.8, 4) is 0 Å². The largest absolute Gasteiger partial charge is 2.00 e. The van der Waals surface area contributed by atoms with Crippen molar-refractivity contribution in [1.29, 1.82) is 0 Å². The Morgan fingerprint density at radius 3 is 0.889 bits per heavy atom. The molecule has 0 fully saturated rings. The van der Waals surface area contributed by atoms with Gasteiger partial charge in [0, 0.05) is 36.3 Å². The van der Waals surface area contributed by atoms with E-state index in [2.05, 4.69) is 9.97 Å². The molecule has 0 saturated carbocycles. The first-order valence-corrected chi connectivity index (χ1v) is 9.67. The molecule has 210 valence electrons. The Morgan fingerprint density at radius 1 is 0.611 bits per heavy atom. The molecule has 12 nitrogen and oxygen atoms in total. The van der Waals surface area contributed by atoms with Crippen LogP contribution in [0.3, 0.4) is 0 Å². The fourth-order valence-electron chi connectivity index (χ4n) is 0.850. The monoisotopic (exact) mass is 686 g/mol. The molecule has 0 spiro atoms. The predicted molar refractivity (Wildman–Crippen MR) is 120 cm³/mol. The van der Waals surface area contributed by atoms with Gasteiger partial charge in [-0.3, -0.25) is 0 Å². The van der Waals surface area contributed by atoms with Crippen LogP contribution in [-0.2, 0) is 53.3 Å². The smallest absolute Gasteiger partial charge is 0.550 e. The van der Waals surface area contributed by atoms with Crippen molar-refractivity contribution in [1.82, 2.24) is 9.97 Å². The summed E-state index contributed by atoms with van der Waals surface area (Å²) in [6, 6.07) is 3.09. The molecule has 0 bridgehead atoms. The van der Waals surface area contributed by atoms with Gasteiger partial charge >= 0.3 is 34.1 Å². The van der Waals surface area contributed by atoms with Crippen LogP contribution in [0.1, 0.15) is 27.7 Å². The molecule has 0 aliphatic carbocycles. The minimum absolute atomic E-state index is 0. The number of rotatable bonds is 0. The first-order valence-electron chi connectivity index (χ1n) is 8.16. The van der Waals surface area contributed by atoms with Crippen LogP contribution in [-0.4, -0.2) is 33.8 Å². The Hall–Kier alpha value is -2.02. The van der Waals surface area contributed by atoms with Crippen molar-refractivity contribution in [3.05, 3.63) is 44.6 Å². The van der Waals surface area contributed by atoms with E-state index in [1.165, 1.54) is 12.4 Å². The SMILES string of the molecule is CC(=O)[O-].CC(=O)[O-].CC(=O)[O-].CC(=O)[O-].Nc1ncc(Cl)cc1Cl.Nc1ncc(Cl)cc1Cl.[Cu+2].[Cu+2]. The number of nitrogen functional groups attached to an aromatic ring is 2. The Labute approximate surface area is 248 Å². The number of carboxylic acid groups (broad SMARTS) is 4. The number of hydrogen-bond acceptors (Lipinski definition) is 12. The zero-order valence-electron chi connectivity index (χ0n) is 18.7. The molecule has 2 rings (SSSR count). The molecule has 18 heteroatoms. The summed E-state index contributed by atoms with van der Waals surface area (Å²) in [4.78, 5) is 42.9. The number of carbonyl (C=O) groups is 4. The molecule has 2 aromatic heterocycles. The van der Waals surface area contributed by atoms with E-state index >= 15 is 0 Å². The van der Waals surface area contributed by atoms with Crippen LogP contribution >= 0.6 is 46.4 Å². The van der Waals surface area contributed by atoms with Gasteiger partial charge in [0.25, 0.3) is 0 Å². The van der Waals surface area contributed by atoms with Crippen molar-refractivity contribution < 1.29 is 73.7 Å². The number of halogens is 4. The average molecular weight is 689 g/mol. The number of aliphatic carboxylic acids is 4. The number of hydrogen-bond donors (Lipinski definition) is 2. The second-order valence-electron chi connectivity index (χ2n) is 5.01. The Bertz CT molecular complexity index is 815. The summed E-state index contributed by atoms with van der Waals surface area (Å²) < 4.78 is 0. The molecular formula is C18H20Cl4Cu2N4O8. The molecule has 0 atom stereocenters. The van der Waals surface area contributed by atoms with Crippen LogP contribution < -0.4 is 31.9 Å². The molecule has 0 saturated heterocycles. The fourth-order valence-corrected chi connectivity index (χ4v) is 1.61. The Balaban J connectivity index is -0.0000000781. The zero-order chi connectivity index (χ0) is 28.0. The van der Waals surface area contributed by atoms with Crippen molar-refractivity contribution in [2.24, 2.45) is 0 Å². The van der Waals surface area contributed by atoms with Gasteiger partial charge in [0.1, 0.15) is 11.6 Å². The number of nitrogens with two attached hydrogens (primary N) is 2. The number of aromatic nitrogens is 2. The van der Waals surface area contributed by atoms with E-state index in [1.807, 2.05) is 0 Å². The molecular weight excluding hydrogens is 669 g/mol. The van der Waals surface area contributed by atoms with E-state index < -0.39 is 23.9 Å². The van der Waals surface area contributed by atoms with Crippen molar-refractivity contribution in [2.75, 3.05) is 11.5 Å². The summed E-state index contributed by atoms with van der Waals surface area (Å²) in [6.07, 6.45) is 2.89. The van der Waals surface area contributed by atoms with Crippen LogP contribution in [0.4, 0.5) is 11.6 Å². The van der Waals surface area contributed by atoms with Gasteiger partial charge < -0.3 is 51.1 Å². The molecule has 4 N–H and O–H groups in total. The number of anilines is 2. The normalized spacial score (nSPS) is 7.56. The van der Waals surface area contributed by atoms with E-state index in [-0.39, 0.29) is 34.1 Å². The predicted octanol–water partition coefficient (Wildman–Crippen LogP) is -1.04. The van der Waals surface area contributed by atoms with Crippen molar-refractivity contribution >= 4 is 81.9 Å². The molecule has 0 aromatic carbocycles. The van der Waals surface area contributed by atoms with E-state index in [0.29, 0.717) is 31.7 Å². The van der Waals surface area contributed by atoms with Gasteiger partial charge in [0.2, 0.25) is 0 Å². The van der Waals surface area contributed by atoms with Gasteiger partial charge in [-0.2, -0.15) is 0 Å². The molecule has 2 heterocycles. The molecule has 0 aliphatic heterocycles. The molecule has 0 aliphatic rings. The van der Waals surface area contributed by atoms with E-state index in [4.69, 9.17) is 97.5 Å². The van der Waals surface area contributed by atoms with Gasteiger partial charge in [-0.05, 0) is 39.8 Å². The zero-order valence-corrected chi connectivity index (χ0v) is 23.6. The van der Waals surface area contributed by atoms with E-state index in [9.17, 15) is 0 Å². The standard InChI is InChI=1S/2C5H4Cl2N2.4C2H4O2.2Cu/c2*6-3-1-4(7)5(8)9-2-3;4*1-2(3)4;;/h2*1-2H,(H2,8,9);4*1H3,(H,3,4);;/q;;;;;;2*+2/p-4. The third-order valence-corrected chi connectivity index (χ3v) is 2.69. The maximum Gasteiger partial charge on any atom is 2.00 e. The summed E-state index contributed by atoms with van der Waals surface area (Å²) in [7, 11) is 0. The molecule has 0 unspecified atom stereocenters. The molecule has 36 heavy (non-hydrogen) atoms. The number of carbonyl (C=O) groups excluding carboxylic acids is 4. The number of carboxylic acids is 4. The van der Waals surface area contributed by atoms with Crippen LogP contribution in [0.2, 0.25) is 20.1 Å². The Kier molecular flexibility index (Phi) is 38.3. The van der Waals surface area contributed by atoms with Crippen LogP contribution in [0, 0.1) is 0 Å². The van der Waals surface area contributed by atoms with E-state index in [1.54, 1.807) is 12.1 Å². The topological polar surface area (TPSA) is 238 Å². The third-order valence-electron chi connectivity index (χ3n) is 1.67. The van der Waals surface area contributed by atoms with E-state index in [0.717, 1.165) is 27.7 Å². The van der Waals surface area contributed by atoms with Gasteiger partial charge in [-0.1, -0.05) is 46.4 Å². The quantitative estimate of drug-likeness (QED) is 0.316. The fraction of sp³-hybridized carbons (Fsp3) is 0.222. The molecule has 0 amide bonds. The maximum atomic E-state index is 8.89. The van der Waals surface area contributed by atoms with Gasteiger partial charge in [-0.15, -0.1) is 0 Å². The third kappa shape index (κ3) is 53.4. The molecule has 2 radical (unpaired) electrons. The van der Waals surface area contributed by atoms with Crippen LogP contribution in [0.5, 0.6) is 0 Å². The van der Waals surface area contributed by atoms with Gasteiger partial charge in [0.15, 0.2) is 0 Å². The molecule has 2 aromatic rings. The van der Waals surface area contributed by atoms with Crippen LogP contribution in [0.25, 0.3) is 0 Å². The number of pyridine rings is 2. The first kappa shape index (κ1) is 47.2.